The van der Waals surface area contributed by atoms with Gasteiger partial charge in [0.05, 0.1) is 0 Å². The zero-order chi connectivity index (χ0) is 6.55. The molecule has 2 bridgehead atoms. The number of rotatable bonds is 0. The zero-order valence-electron chi connectivity index (χ0n) is 5.66. The molecule has 10 heavy (non-hydrogen) atoms. The highest BCUT2D eigenvalue weighted by atomic mass is 33.5. The van der Waals surface area contributed by atoms with Crippen molar-refractivity contribution in [3.05, 3.63) is 0 Å². The first-order chi connectivity index (χ1) is 4.95. The van der Waals surface area contributed by atoms with E-state index in [9.17, 15) is 0 Å². The Morgan fingerprint density at radius 1 is 0.900 bits per heavy atom. The maximum Gasteiger partial charge on any atom is 0.0318 e. The van der Waals surface area contributed by atoms with Crippen LogP contribution in [0.2, 0.25) is 0 Å². The van der Waals surface area contributed by atoms with Gasteiger partial charge in [-0.3, -0.25) is 0 Å². The fourth-order valence-electron chi connectivity index (χ4n) is 2.57. The van der Waals surface area contributed by atoms with E-state index in [1.165, 1.54) is 0 Å². The first-order valence-corrected chi connectivity index (χ1v) is 7.55. The van der Waals surface area contributed by atoms with E-state index in [0.717, 1.165) is 22.3 Å². The van der Waals surface area contributed by atoms with Crippen molar-refractivity contribution in [2.24, 2.45) is 11.8 Å². The fourth-order valence-corrected chi connectivity index (χ4v) is 9.40. The third-order valence-corrected chi connectivity index (χ3v) is 8.42. The van der Waals surface area contributed by atoms with Gasteiger partial charge in [-0.15, -0.1) is 0 Å². The molecule has 0 nitrogen and oxygen atoms in total. The standard InChI is InChI=1S/C7H10S3/c1-2-5-3-4(1)6-7(5)9-10-8-6/h4-7H,1-3H2/t4-,5+,6-,7+. The molecule has 2 aliphatic carbocycles. The van der Waals surface area contributed by atoms with Gasteiger partial charge in [0.25, 0.3) is 0 Å². The Morgan fingerprint density at radius 2 is 1.50 bits per heavy atom. The van der Waals surface area contributed by atoms with Gasteiger partial charge >= 0.3 is 0 Å². The van der Waals surface area contributed by atoms with Crippen molar-refractivity contribution in [2.45, 2.75) is 29.8 Å². The highest BCUT2D eigenvalue weighted by Crippen LogP contribution is 2.65. The summed E-state index contributed by atoms with van der Waals surface area (Å²) in [7, 11) is 6.36. The Kier molecular flexibility index (Phi) is 1.49. The van der Waals surface area contributed by atoms with E-state index in [-0.39, 0.29) is 0 Å². The lowest BCUT2D eigenvalue weighted by atomic mass is 10.00. The van der Waals surface area contributed by atoms with Crippen molar-refractivity contribution in [1.29, 1.82) is 0 Å². The monoisotopic (exact) mass is 190 g/mol. The van der Waals surface area contributed by atoms with Gasteiger partial charge in [-0.05, 0) is 40.9 Å². The van der Waals surface area contributed by atoms with E-state index in [1.807, 2.05) is 9.83 Å². The molecule has 0 aromatic heterocycles. The number of hydrogen-bond donors (Lipinski definition) is 0. The van der Waals surface area contributed by atoms with Gasteiger partial charge < -0.3 is 0 Å². The summed E-state index contributed by atoms with van der Waals surface area (Å²) in [5, 5.41) is 2.10. The van der Waals surface area contributed by atoms with Crippen molar-refractivity contribution in [2.75, 3.05) is 0 Å². The first-order valence-electron chi connectivity index (χ1n) is 3.94. The lowest BCUT2D eigenvalue weighted by Gasteiger charge is -2.20. The molecule has 3 fully saturated rings. The van der Waals surface area contributed by atoms with Gasteiger partial charge in [0, 0.05) is 10.5 Å². The molecule has 2 saturated carbocycles. The maximum absolute atomic E-state index is 2.16. The summed E-state index contributed by atoms with van der Waals surface area (Å²) in [6.45, 7) is 0. The molecule has 0 N–H and O–H groups in total. The van der Waals surface area contributed by atoms with Crippen LogP contribution in [0.4, 0.5) is 0 Å². The summed E-state index contributed by atoms with van der Waals surface area (Å²) in [4.78, 5) is 0. The molecule has 3 heteroatoms. The lowest BCUT2D eigenvalue weighted by molar-refractivity contribution is 0.508. The predicted molar refractivity (Wildman–Crippen MR) is 51.2 cm³/mol. The lowest BCUT2D eigenvalue weighted by Crippen LogP contribution is -2.22. The smallest absolute Gasteiger partial charge is 0.0318 e. The van der Waals surface area contributed by atoms with Crippen LogP contribution in [0.3, 0.4) is 0 Å². The Hall–Kier alpha value is 1.05. The SMILES string of the molecule is C1C[C@H]2C[C@@H]1[C@H]1SSS[C@@H]21. The van der Waals surface area contributed by atoms with Gasteiger partial charge in [0.1, 0.15) is 0 Å². The molecule has 3 aliphatic rings. The molecule has 1 heterocycles. The molecule has 0 radical (unpaired) electrons. The number of hydrogen-bond acceptors (Lipinski definition) is 3. The molecule has 0 spiro atoms. The van der Waals surface area contributed by atoms with Crippen LogP contribution in [-0.4, -0.2) is 10.5 Å². The zero-order valence-corrected chi connectivity index (χ0v) is 8.10. The second-order valence-electron chi connectivity index (χ2n) is 3.52. The van der Waals surface area contributed by atoms with Crippen molar-refractivity contribution in [3.8, 4) is 0 Å². The molecule has 0 aromatic rings. The van der Waals surface area contributed by atoms with Crippen LogP contribution < -0.4 is 0 Å². The van der Waals surface area contributed by atoms with Crippen molar-refractivity contribution < 1.29 is 0 Å². The van der Waals surface area contributed by atoms with Crippen LogP contribution in [0.1, 0.15) is 19.3 Å². The summed E-state index contributed by atoms with van der Waals surface area (Å²) in [6, 6.07) is 0. The predicted octanol–water partition coefficient (Wildman–Crippen LogP) is 3.20. The van der Waals surface area contributed by atoms with Gasteiger partial charge in [-0.25, -0.2) is 0 Å². The maximum atomic E-state index is 2.16. The topological polar surface area (TPSA) is 0 Å². The van der Waals surface area contributed by atoms with Gasteiger partial charge in [0.15, 0.2) is 0 Å². The first kappa shape index (κ1) is 6.55. The second-order valence-corrected chi connectivity index (χ2v) is 7.92. The third-order valence-electron chi connectivity index (χ3n) is 3.07. The van der Waals surface area contributed by atoms with Crippen LogP contribution in [-0.2, 0) is 0 Å². The van der Waals surface area contributed by atoms with Gasteiger partial charge in [0.2, 0.25) is 0 Å². The van der Waals surface area contributed by atoms with Crippen molar-refractivity contribution in [1.82, 2.24) is 0 Å². The molecule has 0 aromatic carbocycles. The largest absolute Gasteiger partial charge is 0.0776 e. The van der Waals surface area contributed by atoms with E-state index >= 15 is 0 Å². The average molecular weight is 190 g/mol. The van der Waals surface area contributed by atoms with Crippen LogP contribution in [0.25, 0.3) is 0 Å². The molecular formula is C7H10S3. The minimum atomic E-state index is 1.05. The summed E-state index contributed by atoms with van der Waals surface area (Å²) in [6.07, 6.45) is 4.65. The van der Waals surface area contributed by atoms with E-state index in [2.05, 4.69) is 21.6 Å². The van der Waals surface area contributed by atoms with Crippen molar-refractivity contribution >= 4 is 31.4 Å². The summed E-state index contributed by atoms with van der Waals surface area (Å²) in [5.41, 5.74) is 0. The quantitative estimate of drug-likeness (QED) is 0.538. The molecule has 56 valence electrons. The van der Waals surface area contributed by atoms with E-state index in [4.69, 9.17) is 0 Å². The molecule has 3 rings (SSSR count). The third kappa shape index (κ3) is 0.745. The summed E-state index contributed by atoms with van der Waals surface area (Å²) in [5.74, 6) is 2.23. The normalized spacial score (nSPS) is 57.6. The number of fused-ring (bicyclic) bond motifs is 5. The average Bonchev–Trinajstić information content (AvgIpc) is 2.60. The van der Waals surface area contributed by atoms with Crippen LogP contribution in [0.5, 0.6) is 0 Å². The highest BCUT2D eigenvalue weighted by molar-refractivity contribution is 9.11. The molecule has 0 unspecified atom stereocenters. The Morgan fingerprint density at radius 3 is 2.10 bits per heavy atom. The van der Waals surface area contributed by atoms with Gasteiger partial charge in [-0.1, -0.05) is 21.6 Å². The molecule has 4 atom stereocenters. The summed E-state index contributed by atoms with van der Waals surface area (Å²) < 4.78 is 0. The van der Waals surface area contributed by atoms with Crippen LogP contribution in [0.15, 0.2) is 0 Å². The molecular weight excluding hydrogens is 180 g/mol. The molecule has 1 saturated heterocycles. The minimum Gasteiger partial charge on any atom is -0.0776 e. The van der Waals surface area contributed by atoms with Crippen molar-refractivity contribution in [3.63, 3.8) is 0 Å². The highest BCUT2D eigenvalue weighted by Gasteiger charge is 2.51. The molecule has 0 amide bonds. The Balaban J connectivity index is 1.92. The van der Waals surface area contributed by atoms with E-state index < -0.39 is 0 Å². The van der Waals surface area contributed by atoms with E-state index in [0.29, 0.717) is 0 Å². The van der Waals surface area contributed by atoms with Crippen LogP contribution >= 0.6 is 31.4 Å². The second kappa shape index (κ2) is 2.27. The fraction of sp³-hybridized carbons (Fsp3) is 1.00. The Labute approximate surface area is 73.1 Å². The Bertz CT molecular complexity index is 143. The van der Waals surface area contributed by atoms with Gasteiger partial charge in [-0.2, -0.15) is 0 Å². The summed E-state index contributed by atoms with van der Waals surface area (Å²) >= 11 is 0. The van der Waals surface area contributed by atoms with E-state index in [1.54, 1.807) is 19.3 Å². The van der Waals surface area contributed by atoms with Crippen LogP contribution in [0, 0.1) is 11.8 Å². The minimum absolute atomic E-state index is 1.05. The molecule has 1 aliphatic heterocycles.